The largest absolute Gasteiger partial charge is 0.353 e. The molecular formula is C2H10Cl4MnN2. The molecule has 0 rings (SSSR count). The summed E-state index contributed by atoms with van der Waals surface area (Å²) in [6.07, 6.45) is 0. The molecule has 0 aliphatic rings. The Morgan fingerprint density at radius 1 is 1.00 bits per heavy atom. The zero-order valence-electron chi connectivity index (χ0n) is 4.72. The van der Waals surface area contributed by atoms with Crippen molar-refractivity contribution in [3.8, 4) is 0 Å². The molecule has 0 aromatic carbocycles. The van der Waals surface area contributed by atoms with E-state index in [1.165, 1.54) is 0 Å². The minimum absolute atomic E-state index is 0. The normalized spacial score (nSPS) is 5.33. The maximum absolute atomic E-state index is 4.80. The molecule has 0 spiro atoms. The van der Waals surface area contributed by atoms with E-state index in [9.17, 15) is 0 Å². The van der Waals surface area contributed by atoms with Gasteiger partial charge in [0.1, 0.15) is 13.1 Å². The molecule has 0 atom stereocenters. The Hall–Kier alpha value is 1.60. The van der Waals surface area contributed by atoms with Crippen LogP contribution in [0, 0.1) is 0 Å². The smallest absolute Gasteiger partial charge is 0.124 e. The van der Waals surface area contributed by atoms with Gasteiger partial charge in [-0.15, -0.1) is 0 Å². The van der Waals surface area contributed by atoms with Crippen LogP contribution in [0.25, 0.3) is 0 Å². The van der Waals surface area contributed by atoms with Crippen molar-refractivity contribution in [3.05, 3.63) is 0 Å². The van der Waals surface area contributed by atoms with Gasteiger partial charge >= 0.3 is 33.3 Å². The van der Waals surface area contributed by atoms with E-state index in [0.29, 0.717) is 0 Å². The second-order valence-electron chi connectivity index (χ2n) is 0.761. The van der Waals surface area contributed by atoms with E-state index in [1.807, 2.05) is 0 Å². The molecule has 0 unspecified atom stereocenters. The fourth-order valence-electron chi connectivity index (χ4n) is 0. The van der Waals surface area contributed by atoms with Crippen LogP contribution < -0.4 is 36.3 Å². The second-order valence-corrected chi connectivity index (χ2v) is 2.71. The first kappa shape index (κ1) is 22.4. The van der Waals surface area contributed by atoms with E-state index >= 15 is 0 Å². The maximum atomic E-state index is 4.80. The monoisotopic (exact) mass is 257 g/mol. The minimum atomic E-state index is 0. The van der Waals surface area contributed by atoms with Crippen molar-refractivity contribution < 1.29 is 49.4 Å². The summed E-state index contributed by atoms with van der Waals surface area (Å²) in [7, 11) is 9.59. The van der Waals surface area contributed by atoms with E-state index in [0.717, 1.165) is 13.1 Å². The molecule has 0 aromatic heterocycles. The molecule has 63 valence electrons. The summed E-state index contributed by atoms with van der Waals surface area (Å²) in [4.78, 5) is 0. The molecule has 0 saturated heterocycles. The van der Waals surface area contributed by atoms with Crippen LogP contribution in [0.5, 0.6) is 0 Å². The molecule has 0 heterocycles. The standard InChI is InChI=1S/C2H8N2.4ClH.Mn/c3-1-2-4;;;;;/h1-4H2;4*1H;/q;;;;;+2/p-2. The Kier molecular flexibility index (Phi) is 83.6. The summed E-state index contributed by atoms with van der Waals surface area (Å²) < 4.78 is 0. The molecule has 0 bridgehead atoms. The third kappa shape index (κ3) is 82.0. The first-order chi connectivity index (χ1) is 3.33. The van der Waals surface area contributed by atoms with E-state index in [1.54, 1.807) is 0 Å². The van der Waals surface area contributed by atoms with Crippen molar-refractivity contribution in [1.82, 2.24) is 0 Å². The number of hydrogen-bond acceptors (Lipinski definition) is 0. The van der Waals surface area contributed by atoms with Gasteiger partial charge in [-0.05, 0) is 0 Å². The maximum Gasteiger partial charge on any atom is 0.124 e. The van der Waals surface area contributed by atoms with Gasteiger partial charge in [-0.2, -0.15) is 0 Å². The van der Waals surface area contributed by atoms with Crippen LogP contribution >= 0.6 is 20.2 Å². The van der Waals surface area contributed by atoms with Crippen molar-refractivity contribution in [2.75, 3.05) is 13.1 Å². The molecular weight excluding hydrogens is 249 g/mol. The second kappa shape index (κ2) is 33.6. The van der Waals surface area contributed by atoms with E-state index < -0.39 is 0 Å². The molecule has 6 N–H and O–H groups in total. The number of halogens is 4. The summed E-state index contributed by atoms with van der Waals surface area (Å²) >= 11 is 0.00694. The molecule has 0 fully saturated rings. The number of hydrogen-bond donors (Lipinski definition) is 2. The minimum Gasteiger partial charge on any atom is -0.353 e. The number of quaternary nitrogens is 2. The van der Waals surface area contributed by atoms with Gasteiger partial charge in [-0.1, -0.05) is 0 Å². The average Bonchev–Trinajstić information content (AvgIpc) is 1.69. The first-order valence-electron chi connectivity index (χ1n) is 1.79. The van der Waals surface area contributed by atoms with Gasteiger partial charge in [0, 0.05) is 0 Å². The van der Waals surface area contributed by atoms with Crippen molar-refractivity contribution >= 4 is 20.2 Å². The van der Waals surface area contributed by atoms with Gasteiger partial charge in [0.05, 0.1) is 0 Å². The summed E-state index contributed by atoms with van der Waals surface area (Å²) in [6.45, 7) is 1.92. The van der Waals surface area contributed by atoms with Gasteiger partial charge in [-0.25, -0.2) is 0 Å². The van der Waals surface area contributed by atoms with Gasteiger partial charge in [-0.3, -0.25) is 0 Å². The predicted molar refractivity (Wildman–Crippen MR) is 27.2 cm³/mol. The summed E-state index contributed by atoms with van der Waals surface area (Å²) in [5.41, 5.74) is 7.08. The molecule has 0 aliphatic carbocycles. The predicted octanol–water partition coefficient (Wildman–Crippen LogP) is -7.15. The fraction of sp³-hybridized carbons (Fsp3) is 1.00. The Bertz CT molecular complexity index is 24.0. The molecule has 0 radical (unpaired) electrons. The number of rotatable bonds is 1. The Labute approximate surface area is 82.4 Å². The molecule has 0 amide bonds. The van der Waals surface area contributed by atoms with Gasteiger partial charge in [0.25, 0.3) is 0 Å². The fourth-order valence-corrected chi connectivity index (χ4v) is 0. The van der Waals surface area contributed by atoms with Gasteiger partial charge < -0.3 is 36.3 Å². The topological polar surface area (TPSA) is 55.3 Å². The summed E-state index contributed by atoms with van der Waals surface area (Å²) in [5, 5.41) is 0. The van der Waals surface area contributed by atoms with Crippen LogP contribution in [0.15, 0.2) is 0 Å². The molecule has 7 heteroatoms. The van der Waals surface area contributed by atoms with Crippen LogP contribution in [0.4, 0.5) is 0 Å². The first-order valence-corrected chi connectivity index (χ1v) is 5.03. The third-order valence-corrected chi connectivity index (χ3v) is 0.250. The zero-order valence-corrected chi connectivity index (χ0v) is 8.92. The van der Waals surface area contributed by atoms with E-state index in [-0.39, 0.29) is 37.9 Å². The molecule has 2 nitrogen and oxygen atoms in total. The summed E-state index contributed by atoms with van der Waals surface area (Å²) in [6, 6.07) is 0. The van der Waals surface area contributed by atoms with Crippen molar-refractivity contribution in [1.29, 1.82) is 0 Å². The zero-order chi connectivity index (χ0) is 6.12. The third-order valence-electron chi connectivity index (χ3n) is 0.250. The summed E-state index contributed by atoms with van der Waals surface area (Å²) in [5.74, 6) is 0. The van der Waals surface area contributed by atoms with Gasteiger partial charge in [0.2, 0.25) is 0 Å². The Morgan fingerprint density at radius 2 is 1.11 bits per heavy atom. The molecule has 0 saturated carbocycles. The molecule has 9 heavy (non-hydrogen) atoms. The molecule has 0 aliphatic heterocycles. The van der Waals surface area contributed by atoms with Crippen LogP contribution in [-0.4, -0.2) is 13.1 Å². The average molecular weight is 259 g/mol. The van der Waals surface area contributed by atoms with Crippen molar-refractivity contribution in [2.45, 2.75) is 0 Å². The van der Waals surface area contributed by atoms with E-state index in [2.05, 4.69) is 11.5 Å². The molecule has 0 aromatic rings. The van der Waals surface area contributed by atoms with Crippen LogP contribution in [-0.2, 0) is 13.1 Å². The van der Waals surface area contributed by atoms with Crippen LogP contribution in [0.2, 0.25) is 0 Å². The van der Waals surface area contributed by atoms with Gasteiger partial charge in [0.15, 0.2) is 0 Å². The van der Waals surface area contributed by atoms with E-state index in [4.69, 9.17) is 20.2 Å². The van der Waals surface area contributed by atoms with Crippen LogP contribution in [0.1, 0.15) is 0 Å². The van der Waals surface area contributed by atoms with Crippen LogP contribution in [0.3, 0.4) is 0 Å². The van der Waals surface area contributed by atoms with Crippen molar-refractivity contribution in [3.63, 3.8) is 0 Å². The SMILES string of the molecule is [Cl-].[Cl-].[Cl][Mn][Cl].[NH3+]CC[NH3+]. The Balaban J connectivity index is -0.0000000233. The Morgan fingerprint density at radius 3 is 1.11 bits per heavy atom. The quantitative estimate of drug-likeness (QED) is 0.440. The van der Waals surface area contributed by atoms with Crippen molar-refractivity contribution in [2.24, 2.45) is 0 Å².